The molecule has 1 aliphatic carbocycles. The normalized spacial score (nSPS) is 38.2. The molecule has 13 heavy (non-hydrogen) atoms. The monoisotopic (exact) mass is 181 g/mol. The summed E-state index contributed by atoms with van der Waals surface area (Å²) < 4.78 is 0. The van der Waals surface area contributed by atoms with E-state index in [1.807, 2.05) is 0 Å². The summed E-state index contributed by atoms with van der Waals surface area (Å²) >= 11 is 0. The van der Waals surface area contributed by atoms with E-state index in [-0.39, 0.29) is 0 Å². The summed E-state index contributed by atoms with van der Waals surface area (Å²) in [6.45, 7) is 9.13. The lowest BCUT2D eigenvalue weighted by atomic mass is 10.1. The second-order valence-corrected chi connectivity index (χ2v) is 4.50. The topological polar surface area (TPSA) is 3.24 Å². The van der Waals surface area contributed by atoms with Crippen LogP contribution in [0.3, 0.4) is 0 Å². The fourth-order valence-corrected chi connectivity index (χ4v) is 2.63. The number of allylic oxidation sites excluding steroid dienone is 1. The average molecular weight is 181 g/mol. The summed E-state index contributed by atoms with van der Waals surface area (Å²) in [5, 5.41) is 0. The number of rotatable bonds is 4. The van der Waals surface area contributed by atoms with E-state index in [4.69, 9.17) is 0 Å². The molecule has 0 aliphatic heterocycles. The molecular formula is C12H23N. The molecule has 3 unspecified atom stereocenters. The maximum Gasteiger partial charge on any atom is 0.0425 e. The molecule has 76 valence electrons. The average Bonchev–Trinajstić information content (AvgIpc) is 2.60. The van der Waals surface area contributed by atoms with Gasteiger partial charge < -0.3 is 4.90 Å². The number of nitrogens with zero attached hydrogens (tertiary/aromatic N) is 1. The van der Waals surface area contributed by atoms with Gasteiger partial charge in [0.05, 0.1) is 0 Å². The van der Waals surface area contributed by atoms with Crippen molar-refractivity contribution in [3.8, 4) is 0 Å². The first kappa shape index (κ1) is 10.6. The second kappa shape index (κ2) is 3.73. The van der Waals surface area contributed by atoms with Gasteiger partial charge in [-0.05, 0) is 38.3 Å². The van der Waals surface area contributed by atoms with Gasteiger partial charge in [-0.15, -0.1) is 0 Å². The highest BCUT2D eigenvalue weighted by Crippen LogP contribution is 2.56. The molecule has 3 atom stereocenters. The summed E-state index contributed by atoms with van der Waals surface area (Å²) in [5.41, 5.74) is 0.433. The van der Waals surface area contributed by atoms with Crippen LogP contribution in [0.4, 0.5) is 0 Å². The third-order valence-corrected chi connectivity index (χ3v) is 3.90. The van der Waals surface area contributed by atoms with E-state index in [9.17, 15) is 0 Å². The van der Waals surface area contributed by atoms with E-state index < -0.39 is 0 Å². The maximum absolute atomic E-state index is 2.39. The van der Waals surface area contributed by atoms with Crippen LogP contribution in [0.1, 0.15) is 40.5 Å². The minimum absolute atomic E-state index is 0.433. The van der Waals surface area contributed by atoms with E-state index in [0.717, 1.165) is 11.8 Å². The zero-order chi connectivity index (χ0) is 10.1. The molecule has 1 rings (SSSR count). The Bertz CT molecular complexity index is 197. The molecule has 1 aliphatic rings. The highest BCUT2D eigenvalue weighted by molar-refractivity contribution is 5.15. The molecule has 0 aromatic rings. The molecule has 0 N–H and O–H groups in total. The van der Waals surface area contributed by atoms with E-state index in [1.165, 1.54) is 12.8 Å². The van der Waals surface area contributed by atoms with Gasteiger partial charge in [0.1, 0.15) is 0 Å². The lowest BCUT2D eigenvalue weighted by molar-refractivity contribution is 0.289. The fourth-order valence-electron chi connectivity index (χ4n) is 2.63. The Hall–Kier alpha value is -0.460. The molecule has 0 saturated heterocycles. The SMILES string of the molecule is C/C=C\N(C)C1(C)C(C)C1CCC. The smallest absolute Gasteiger partial charge is 0.0425 e. The van der Waals surface area contributed by atoms with Crippen LogP contribution in [0.15, 0.2) is 12.3 Å². The highest BCUT2D eigenvalue weighted by Gasteiger charge is 2.59. The van der Waals surface area contributed by atoms with Crippen molar-refractivity contribution in [3.05, 3.63) is 12.3 Å². The molecule has 1 saturated carbocycles. The van der Waals surface area contributed by atoms with Crippen molar-refractivity contribution < 1.29 is 0 Å². The Morgan fingerprint density at radius 1 is 1.46 bits per heavy atom. The lowest BCUT2D eigenvalue weighted by Crippen LogP contribution is -2.29. The quantitative estimate of drug-likeness (QED) is 0.643. The second-order valence-electron chi connectivity index (χ2n) is 4.50. The third-order valence-electron chi connectivity index (χ3n) is 3.90. The minimum Gasteiger partial charge on any atom is -0.375 e. The molecular weight excluding hydrogens is 158 g/mol. The summed E-state index contributed by atoms with van der Waals surface area (Å²) in [4.78, 5) is 2.39. The third kappa shape index (κ3) is 1.61. The molecule has 1 nitrogen and oxygen atoms in total. The first-order valence-corrected chi connectivity index (χ1v) is 5.44. The first-order chi connectivity index (χ1) is 6.08. The molecule has 1 heteroatoms. The zero-order valence-electron chi connectivity index (χ0n) is 9.67. The van der Waals surface area contributed by atoms with Crippen molar-refractivity contribution in [1.82, 2.24) is 4.90 Å². The van der Waals surface area contributed by atoms with E-state index in [2.05, 4.69) is 51.9 Å². The highest BCUT2D eigenvalue weighted by atomic mass is 15.2. The summed E-state index contributed by atoms with van der Waals surface area (Å²) in [7, 11) is 2.20. The Labute approximate surface area is 82.8 Å². The van der Waals surface area contributed by atoms with Crippen molar-refractivity contribution >= 4 is 0 Å². The van der Waals surface area contributed by atoms with Crippen LogP contribution in [-0.4, -0.2) is 17.5 Å². The van der Waals surface area contributed by atoms with Gasteiger partial charge in [0.2, 0.25) is 0 Å². The lowest BCUT2D eigenvalue weighted by Gasteiger charge is -2.25. The Morgan fingerprint density at radius 3 is 2.54 bits per heavy atom. The fraction of sp³-hybridized carbons (Fsp3) is 0.833. The van der Waals surface area contributed by atoms with Crippen molar-refractivity contribution in [2.45, 2.75) is 46.1 Å². The van der Waals surface area contributed by atoms with Crippen molar-refractivity contribution in [2.24, 2.45) is 11.8 Å². The maximum atomic E-state index is 2.39. The van der Waals surface area contributed by atoms with Gasteiger partial charge in [-0.2, -0.15) is 0 Å². The molecule has 0 bridgehead atoms. The molecule has 1 fully saturated rings. The number of hydrogen-bond acceptors (Lipinski definition) is 1. The van der Waals surface area contributed by atoms with Crippen molar-refractivity contribution in [3.63, 3.8) is 0 Å². The van der Waals surface area contributed by atoms with Gasteiger partial charge in [0, 0.05) is 12.6 Å². The first-order valence-electron chi connectivity index (χ1n) is 5.44. The van der Waals surface area contributed by atoms with Crippen LogP contribution in [0, 0.1) is 11.8 Å². The Morgan fingerprint density at radius 2 is 2.08 bits per heavy atom. The Kier molecular flexibility index (Phi) is 3.05. The van der Waals surface area contributed by atoms with Crippen molar-refractivity contribution in [1.29, 1.82) is 0 Å². The molecule has 0 radical (unpaired) electrons. The summed E-state index contributed by atoms with van der Waals surface area (Å²) in [5.74, 6) is 1.76. The summed E-state index contributed by atoms with van der Waals surface area (Å²) in [6.07, 6.45) is 7.01. The van der Waals surface area contributed by atoms with Gasteiger partial charge in [-0.3, -0.25) is 0 Å². The van der Waals surface area contributed by atoms with Gasteiger partial charge in [0.25, 0.3) is 0 Å². The van der Waals surface area contributed by atoms with Gasteiger partial charge in [0.15, 0.2) is 0 Å². The van der Waals surface area contributed by atoms with Crippen LogP contribution in [0.5, 0.6) is 0 Å². The van der Waals surface area contributed by atoms with Gasteiger partial charge in [-0.25, -0.2) is 0 Å². The van der Waals surface area contributed by atoms with Gasteiger partial charge >= 0.3 is 0 Å². The van der Waals surface area contributed by atoms with Crippen LogP contribution >= 0.6 is 0 Å². The van der Waals surface area contributed by atoms with Crippen LogP contribution in [0.2, 0.25) is 0 Å². The molecule has 0 amide bonds. The molecule has 0 aromatic carbocycles. The largest absolute Gasteiger partial charge is 0.375 e. The molecule has 0 aromatic heterocycles. The van der Waals surface area contributed by atoms with E-state index in [1.54, 1.807) is 0 Å². The van der Waals surface area contributed by atoms with Crippen LogP contribution in [-0.2, 0) is 0 Å². The van der Waals surface area contributed by atoms with Crippen LogP contribution in [0.25, 0.3) is 0 Å². The number of hydrogen-bond donors (Lipinski definition) is 0. The molecule has 0 heterocycles. The minimum atomic E-state index is 0.433. The van der Waals surface area contributed by atoms with Crippen molar-refractivity contribution in [2.75, 3.05) is 7.05 Å². The standard InChI is InChI=1S/C12H23N/c1-6-8-11-10(3)12(11,4)13(5)9-7-2/h7,9-11H,6,8H2,1-5H3/b9-7-. The Balaban J connectivity index is 2.59. The molecule has 0 spiro atoms. The van der Waals surface area contributed by atoms with Crippen LogP contribution < -0.4 is 0 Å². The predicted molar refractivity (Wildman–Crippen MR) is 58.5 cm³/mol. The predicted octanol–water partition coefficient (Wildman–Crippen LogP) is 3.28. The summed E-state index contributed by atoms with van der Waals surface area (Å²) in [6, 6.07) is 0. The van der Waals surface area contributed by atoms with Gasteiger partial charge in [-0.1, -0.05) is 26.3 Å². The zero-order valence-corrected chi connectivity index (χ0v) is 9.67. The van der Waals surface area contributed by atoms with E-state index >= 15 is 0 Å². The van der Waals surface area contributed by atoms with E-state index in [0.29, 0.717) is 5.54 Å².